The summed E-state index contributed by atoms with van der Waals surface area (Å²) in [4.78, 5) is 22.4. The Morgan fingerprint density at radius 3 is 1.50 bits per heavy atom. The second-order valence-electron chi connectivity index (χ2n) is 12.0. The third kappa shape index (κ3) is 38.4. The van der Waals surface area contributed by atoms with Crippen LogP contribution in [-0.4, -0.2) is 49.9 Å². The van der Waals surface area contributed by atoms with Crippen molar-refractivity contribution in [1.29, 1.82) is 0 Å². The quantitative estimate of drug-likeness (QED) is 0.0285. The predicted molar refractivity (Wildman–Crippen MR) is 219 cm³/mol. The van der Waals surface area contributed by atoms with Gasteiger partial charge in [-0.25, -0.2) is 4.57 Å². The molecule has 8 nitrogen and oxygen atoms in total. The highest BCUT2D eigenvalue weighted by atomic mass is 31.2. The van der Waals surface area contributed by atoms with E-state index in [4.69, 9.17) is 24.3 Å². The van der Waals surface area contributed by atoms with Gasteiger partial charge in [-0.05, 0) is 83.5 Å². The van der Waals surface area contributed by atoms with Crippen LogP contribution in [0.2, 0.25) is 0 Å². The van der Waals surface area contributed by atoms with E-state index < -0.39 is 13.9 Å². The maximum Gasteiger partial charge on any atom is 0.472 e. The van der Waals surface area contributed by atoms with Crippen LogP contribution in [0.4, 0.5) is 0 Å². The van der Waals surface area contributed by atoms with E-state index in [0.717, 1.165) is 83.5 Å². The number of phosphoric acid groups is 1. The first-order valence-corrected chi connectivity index (χ1v) is 20.9. The summed E-state index contributed by atoms with van der Waals surface area (Å²) in [6.45, 7) is 4.38. The third-order valence-electron chi connectivity index (χ3n) is 7.20. The minimum Gasteiger partial charge on any atom is -0.457 e. The molecule has 0 aliphatic heterocycles. The Morgan fingerprint density at radius 1 is 0.577 bits per heavy atom. The van der Waals surface area contributed by atoms with E-state index in [0.29, 0.717) is 19.4 Å². The first-order valence-electron chi connectivity index (χ1n) is 19.4. The Kier molecular flexibility index (Phi) is 37.2. The largest absolute Gasteiger partial charge is 0.472 e. The highest BCUT2D eigenvalue weighted by molar-refractivity contribution is 7.47. The van der Waals surface area contributed by atoms with E-state index in [1.54, 1.807) is 0 Å². The molecule has 0 bridgehead atoms. The predicted octanol–water partition coefficient (Wildman–Crippen LogP) is 11.3. The summed E-state index contributed by atoms with van der Waals surface area (Å²) < 4.78 is 33.2. The van der Waals surface area contributed by atoms with Crippen molar-refractivity contribution in [3.8, 4) is 0 Å². The number of unbranched alkanes of at least 4 members (excludes halogenated alkanes) is 4. The molecule has 0 saturated carbocycles. The number of hydrogen-bond acceptors (Lipinski definition) is 7. The van der Waals surface area contributed by atoms with Gasteiger partial charge in [-0.15, -0.1) is 0 Å². The number of hydrogen-bond donors (Lipinski definition) is 2. The lowest BCUT2D eigenvalue weighted by atomic mass is 10.1. The molecule has 0 aromatic heterocycles. The molecule has 0 aromatic rings. The van der Waals surface area contributed by atoms with Crippen LogP contribution in [0.1, 0.15) is 117 Å². The first-order chi connectivity index (χ1) is 25.4. The highest BCUT2D eigenvalue weighted by Gasteiger charge is 2.25. The average Bonchev–Trinajstić information content (AvgIpc) is 3.13. The molecule has 0 fully saturated rings. The molecule has 3 N–H and O–H groups in total. The smallest absolute Gasteiger partial charge is 0.457 e. The summed E-state index contributed by atoms with van der Waals surface area (Å²) in [6, 6.07) is 0. The molecule has 0 rings (SSSR count). The molecule has 2 unspecified atom stereocenters. The maximum absolute atomic E-state index is 12.5. The Hall–Kier alpha value is -2.84. The number of carbonyl (C=O) groups excluding carboxylic acids is 1. The van der Waals surface area contributed by atoms with E-state index in [1.807, 2.05) is 6.08 Å². The van der Waals surface area contributed by atoms with Crippen LogP contribution < -0.4 is 5.73 Å². The molecule has 9 heteroatoms. The van der Waals surface area contributed by atoms with Gasteiger partial charge in [0.25, 0.3) is 0 Å². The number of allylic oxidation sites excluding steroid dienone is 17. The zero-order valence-corrected chi connectivity index (χ0v) is 33.1. The lowest BCUT2D eigenvalue weighted by molar-refractivity contribution is -0.154. The van der Waals surface area contributed by atoms with Crippen LogP contribution in [-0.2, 0) is 27.9 Å². The SMILES string of the molecule is CC/C=C\C/C=C\C/C=C\C/C=C\C/C=C\CCOCC(COP(=O)(O)OCCN)OC(=O)CCCCCC/C=C\C/C=C\C/C=C\C/C=C\CC. The summed E-state index contributed by atoms with van der Waals surface area (Å²) >= 11 is 0. The summed E-state index contributed by atoms with van der Waals surface area (Å²) in [7, 11) is -4.31. The van der Waals surface area contributed by atoms with E-state index in [2.05, 4.69) is 117 Å². The molecule has 0 amide bonds. The Balaban J connectivity index is 4.29. The molecule has 0 heterocycles. The summed E-state index contributed by atoms with van der Waals surface area (Å²) in [5.74, 6) is -0.385. The molecule has 0 radical (unpaired) electrons. The molecule has 0 saturated heterocycles. The monoisotopic (exact) mass is 743 g/mol. The molecule has 2 atom stereocenters. The average molecular weight is 744 g/mol. The van der Waals surface area contributed by atoms with Crippen molar-refractivity contribution in [1.82, 2.24) is 0 Å². The van der Waals surface area contributed by atoms with Gasteiger partial charge in [-0.1, -0.05) is 136 Å². The van der Waals surface area contributed by atoms with Gasteiger partial charge in [0, 0.05) is 13.0 Å². The molecule has 0 aliphatic carbocycles. The van der Waals surface area contributed by atoms with Gasteiger partial charge >= 0.3 is 13.8 Å². The Bertz CT molecular complexity index is 1150. The van der Waals surface area contributed by atoms with Crippen molar-refractivity contribution in [2.45, 2.75) is 123 Å². The van der Waals surface area contributed by atoms with Crippen molar-refractivity contribution >= 4 is 13.8 Å². The van der Waals surface area contributed by atoms with Gasteiger partial charge in [0.1, 0.15) is 6.10 Å². The van der Waals surface area contributed by atoms with Crippen LogP contribution in [0.5, 0.6) is 0 Å². The van der Waals surface area contributed by atoms with Gasteiger partial charge < -0.3 is 20.1 Å². The Morgan fingerprint density at radius 2 is 1.02 bits per heavy atom. The van der Waals surface area contributed by atoms with Crippen molar-refractivity contribution in [3.63, 3.8) is 0 Å². The number of esters is 1. The lowest BCUT2D eigenvalue weighted by Crippen LogP contribution is -2.28. The van der Waals surface area contributed by atoms with E-state index in [-0.39, 0.29) is 38.8 Å². The van der Waals surface area contributed by atoms with Gasteiger partial charge in [0.05, 0.1) is 26.4 Å². The minimum atomic E-state index is -4.31. The van der Waals surface area contributed by atoms with Crippen LogP contribution in [0.3, 0.4) is 0 Å². The van der Waals surface area contributed by atoms with Crippen LogP contribution in [0.25, 0.3) is 0 Å². The fourth-order valence-electron chi connectivity index (χ4n) is 4.46. The number of rotatable bonds is 35. The molecular formula is C43H70NO7P. The standard InChI is InChI=1S/C43H70NO7P/c1-3-5-7-9-11-13-15-17-19-21-22-24-26-28-30-32-34-36-43(45)51-42(41-50-52(46,47)49-39-37-44)40-48-38-35-33-31-29-27-25-23-20-18-16-14-12-10-8-6-4-2/h5-8,11-14,17-20,22,24-25,27,31,33,42H,3-4,9-10,15-16,21,23,26,28-30,32,34-41,44H2,1-2H3,(H,46,47)/b7-5-,8-6-,13-11-,14-12-,19-17-,20-18-,24-22-,27-25-,33-31-. The third-order valence-corrected chi connectivity index (χ3v) is 8.19. The maximum atomic E-state index is 12.5. The van der Waals surface area contributed by atoms with Crippen molar-refractivity contribution in [3.05, 3.63) is 109 Å². The molecular weight excluding hydrogens is 673 g/mol. The number of phosphoric ester groups is 1. The van der Waals surface area contributed by atoms with E-state index >= 15 is 0 Å². The molecule has 294 valence electrons. The van der Waals surface area contributed by atoms with Crippen LogP contribution in [0, 0.1) is 0 Å². The van der Waals surface area contributed by atoms with E-state index in [9.17, 15) is 14.3 Å². The molecule has 0 aliphatic rings. The van der Waals surface area contributed by atoms with E-state index in [1.165, 1.54) is 0 Å². The topological polar surface area (TPSA) is 117 Å². The fourth-order valence-corrected chi connectivity index (χ4v) is 5.23. The fraction of sp³-hybridized carbons (Fsp3) is 0.558. The normalized spacial score (nSPS) is 14.8. The van der Waals surface area contributed by atoms with Gasteiger partial charge in [0.2, 0.25) is 0 Å². The minimum absolute atomic E-state index is 0.0439. The zero-order chi connectivity index (χ0) is 38.1. The first kappa shape index (κ1) is 49.2. The highest BCUT2D eigenvalue weighted by Crippen LogP contribution is 2.43. The lowest BCUT2D eigenvalue weighted by Gasteiger charge is -2.19. The summed E-state index contributed by atoms with van der Waals surface area (Å²) in [5, 5.41) is 0. The van der Waals surface area contributed by atoms with Gasteiger partial charge in [0.15, 0.2) is 0 Å². The van der Waals surface area contributed by atoms with Crippen molar-refractivity contribution in [2.75, 3.05) is 33.0 Å². The number of nitrogens with two attached hydrogens (primary N) is 1. The van der Waals surface area contributed by atoms with Crippen molar-refractivity contribution in [2.24, 2.45) is 5.73 Å². The zero-order valence-electron chi connectivity index (χ0n) is 32.2. The molecule has 52 heavy (non-hydrogen) atoms. The van der Waals surface area contributed by atoms with Crippen molar-refractivity contribution < 1.29 is 32.8 Å². The number of ether oxygens (including phenoxy) is 2. The molecule has 0 spiro atoms. The van der Waals surface area contributed by atoms with Gasteiger partial charge in [-0.2, -0.15) is 0 Å². The Labute approximate surface area is 316 Å². The van der Waals surface area contributed by atoms with Crippen LogP contribution >= 0.6 is 7.82 Å². The second-order valence-corrected chi connectivity index (χ2v) is 13.5. The second kappa shape index (κ2) is 39.4. The summed E-state index contributed by atoms with van der Waals surface area (Å²) in [5.41, 5.74) is 5.35. The van der Waals surface area contributed by atoms with Gasteiger partial charge in [-0.3, -0.25) is 13.8 Å². The number of carbonyl (C=O) groups is 1. The molecule has 0 aromatic carbocycles. The van der Waals surface area contributed by atoms with Crippen LogP contribution in [0.15, 0.2) is 109 Å². The summed E-state index contributed by atoms with van der Waals surface area (Å²) in [6.07, 6.45) is 52.7.